The fourth-order valence-electron chi connectivity index (χ4n) is 2.58. The summed E-state index contributed by atoms with van der Waals surface area (Å²) in [5, 5.41) is 12.1. The zero-order chi connectivity index (χ0) is 12.9. The maximum atomic E-state index is 11.9. The molecule has 0 bridgehead atoms. The van der Waals surface area contributed by atoms with Crippen LogP contribution in [-0.2, 0) is 4.79 Å². The standard InChI is InChI=1S/C14H27NO2/c1-14(2,3)12(8-9-16)15-13(17)10-11-6-4-5-7-11/h11-12,16H,4-10H2,1-3H3,(H,15,17). The largest absolute Gasteiger partial charge is 0.396 e. The lowest BCUT2D eigenvalue weighted by molar-refractivity contribution is -0.123. The molecular weight excluding hydrogens is 214 g/mol. The highest BCUT2D eigenvalue weighted by atomic mass is 16.3. The van der Waals surface area contributed by atoms with Gasteiger partial charge >= 0.3 is 0 Å². The molecule has 0 heterocycles. The fraction of sp³-hybridized carbons (Fsp3) is 0.929. The number of nitrogens with one attached hydrogen (secondary N) is 1. The molecule has 1 atom stereocenters. The van der Waals surface area contributed by atoms with Gasteiger partial charge in [-0.05, 0) is 30.6 Å². The van der Waals surface area contributed by atoms with E-state index in [1.807, 2.05) is 0 Å². The van der Waals surface area contributed by atoms with Crippen LogP contribution in [0, 0.1) is 11.3 Å². The predicted octanol–water partition coefficient (Wildman–Crippen LogP) is 2.48. The zero-order valence-electron chi connectivity index (χ0n) is 11.5. The summed E-state index contributed by atoms with van der Waals surface area (Å²) in [6.45, 7) is 6.43. The summed E-state index contributed by atoms with van der Waals surface area (Å²) in [6.07, 6.45) is 6.26. The lowest BCUT2D eigenvalue weighted by atomic mass is 9.84. The van der Waals surface area contributed by atoms with Crippen LogP contribution in [0.2, 0.25) is 0 Å². The van der Waals surface area contributed by atoms with Crippen molar-refractivity contribution < 1.29 is 9.90 Å². The van der Waals surface area contributed by atoms with E-state index in [1.165, 1.54) is 25.7 Å². The first-order chi connectivity index (χ1) is 7.93. The first-order valence-corrected chi connectivity index (χ1v) is 6.83. The third-order valence-corrected chi connectivity index (χ3v) is 3.75. The third-order valence-electron chi connectivity index (χ3n) is 3.75. The van der Waals surface area contributed by atoms with Gasteiger partial charge in [-0.1, -0.05) is 33.6 Å². The molecule has 0 radical (unpaired) electrons. The van der Waals surface area contributed by atoms with Gasteiger partial charge in [-0.25, -0.2) is 0 Å². The number of rotatable bonds is 5. The van der Waals surface area contributed by atoms with Crippen molar-refractivity contribution in [1.29, 1.82) is 0 Å². The third kappa shape index (κ3) is 5.07. The quantitative estimate of drug-likeness (QED) is 0.777. The van der Waals surface area contributed by atoms with Gasteiger partial charge in [0.05, 0.1) is 0 Å². The topological polar surface area (TPSA) is 49.3 Å². The van der Waals surface area contributed by atoms with Crippen LogP contribution >= 0.6 is 0 Å². The first-order valence-electron chi connectivity index (χ1n) is 6.83. The number of hydrogen-bond acceptors (Lipinski definition) is 2. The molecule has 1 saturated carbocycles. The Labute approximate surface area is 105 Å². The molecule has 1 rings (SSSR count). The number of hydrogen-bond donors (Lipinski definition) is 2. The van der Waals surface area contributed by atoms with E-state index < -0.39 is 0 Å². The molecule has 100 valence electrons. The minimum atomic E-state index is 0.00800. The fourth-order valence-corrected chi connectivity index (χ4v) is 2.58. The van der Waals surface area contributed by atoms with Crippen LogP contribution in [0.3, 0.4) is 0 Å². The van der Waals surface area contributed by atoms with Crippen LogP contribution < -0.4 is 5.32 Å². The molecule has 1 unspecified atom stereocenters. The van der Waals surface area contributed by atoms with Gasteiger partial charge in [0.25, 0.3) is 0 Å². The van der Waals surface area contributed by atoms with E-state index in [2.05, 4.69) is 26.1 Å². The summed E-state index contributed by atoms with van der Waals surface area (Å²) in [5.41, 5.74) is 0.00800. The van der Waals surface area contributed by atoms with E-state index in [9.17, 15) is 4.79 Å². The van der Waals surface area contributed by atoms with Crippen molar-refractivity contribution in [3.05, 3.63) is 0 Å². The van der Waals surface area contributed by atoms with Gasteiger partial charge in [-0.2, -0.15) is 0 Å². The minimum absolute atomic E-state index is 0.00800. The number of amides is 1. The number of carbonyl (C=O) groups excluding carboxylic acids is 1. The van der Waals surface area contributed by atoms with Crippen LogP contribution in [-0.4, -0.2) is 23.7 Å². The van der Waals surface area contributed by atoms with Crippen LogP contribution in [0.4, 0.5) is 0 Å². The van der Waals surface area contributed by atoms with Crippen molar-refractivity contribution in [2.75, 3.05) is 6.61 Å². The predicted molar refractivity (Wildman–Crippen MR) is 69.7 cm³/mol. The van der Waals surface area contributed by atoms with Gasteiger partial charge in [0.15, 0.2) is 0 Å². The molecule has 3 heteroatoms. The molecule has 17 heavy (non-hydrogen) atoms. The summed E-state index contributed by atoms with van der Waals surface area (Å²) in [7, 11) is 0. The summed E-state index contributed by atoms with van der Waals surface area (Å²) in [5.74, 6) is 0.745. The van der Waals surface area contributed by atoms with Crippen LogP contribution in [0.5, 0.6) is 0 Å². The Morgan fingerprint density at radius 3 is 2.41 bits per heavy atom. The Balaban J connectivity index is 2.40. The van der Waals surface area contributed by atoms with E-state index in [-0.39, 0.29) is 24.0 Å². The van der Waals surface area contributed by atoms with Gasteiger partial charge < -0.3 is 10.4 Å². The summed E-state index contributed by atoms with van der Waals surface area (Å²) >= 11 is 0. The molecule has 1 amide bonds. The van der Waals surface area contributed by atoms with E-state index in [4.69, 9.17) is 5.11 Å². The molecular formula is C14H27NO2. The molecule has 0 aliphatic heterocycles. The molecule has 2 N–H and O–H groups in total. The van der Waals surface area contributed by atoms with E-state index >= 15 is 0 Å². The normalized spacial score (nSPS) is 19.3. The number of aliphatic hydroxyl groups excluding tert-OH is 1. The van der Waals surface area contributed by atoms with E-state index in [1.54, 1.807) is 0 Å². The Morgan fingerprint density at radius 1 is 1.35 bits per heavy atom. The van der Waals surface area contributed by atoms with E-state index in [0.29, 0.717) is 18.8 Å². The Hall–Kier alpha value is -0.570. The second-order valence-electron chi connectivity index (χ2n) is 6.35. The molecule has 1 aliphatic rings. The number of carbonyl (C=O) groups is 1. The van der Waals surface area contributed by atoms with Gasteiger partial charge in [0.1, 0.15) is 0 Å². The van der Waals surface area contributed by atoms with Crippen LogP contribution in [0.15, 0.2) is 0 Å². The number of aliphatic hydroxyl groups is 1. The molecule has 0 aromatic heterocycles. The van der Waals surface area contributed by atoms with Crippen molar-refractivity contribution in [2.45, 2.75) is 65.3 Å². The molecule has 1 aliphatic carbocycles. The average molecular weight is 241 g/mol. The van der Waals surface area contributed by atoms with Crippen LogP contribution in [0.1, 0.15) is 59.3 Å². The molecule has 0 saturated heterocycles. The molecule has 1 fully saturated rings. The Kier molecular flexibility index (Phi) is 5.44. The molecule has 0 spiro atoms. The monoisotopic (exact) mass is 241 g/mol. The van der Waals surface area contributed by atoms with Gasteiger partial charge in [-0.15, -0.1) is 0 Å². The maximum absolute atomic E-state index is 11.9. The minimum Gasteiger partial charge on any atom is -0.396 e. The molecule has 0 aromatic carbocycles. The summed E-state index contributed by atoms with van der Waals surface area (Å²) in [4.78, 5) is 11.9. The smallest absolute Gasteiger partial charge is 0.220 e. The molecule has 0 aromatic rings. The van der Waals surface area contributed by atoms with Gasteiger partial charge in [0, 0.05) is 19.1 Å². The van der Waals surface area contributed by atoms with Gasteiger partial charge in [-0.3, -0.25) is 4.79 Å². The van der Waals surface area contributed by atoms with Crippen molar-refractivity contribution in [1.82, 2.24) is 5.32 Å². The SMILES string of the molecule is CC(C)(C)C(CCO)NC(=O)CC1CCCC1. The Bertz CT molecular complexity index is 239. The van der Waals surface area contributed by atoms with E-state index in [0.717, 1.165) is 0 Å². The average Bonchev–Trinajstić information content (AvgIpc) is 2.68. The van der Waals surface area contributed by atoms with Crippen molar-refractivity contribution >= 4 is 5.91 Å². The van der Waals surface area contributed by atoms with Crippen molar-refractivity contribution in [3.8, 4) is 0 Å². The lowest BCUT2D eigenvalue weighted by Gasteiger charge is -2.31. The summed E-state index contributed by atoms with van der Waals surface area (Å²) < 4.78 is 0. The van der Waals surface area contributed by atoms with Crippen LogP contribution in [0.25, 0.3) is 0 Å². The highest BCUT2D eigenvalue weighted by molar-refractivity contribution is 5.76. The second kappa shape index (κ2) is 6.39. The summed E-state index contributed by atoms with van der Waals surface area (Å²) in [6, 6.07) is 0.0707. The highest BCUT2D eigenvalue weighted by Gasteiger charge is 2.27. The molecule has 3 nitrogen and oxygen atoms in total. The van der Waals surface area contributed by atoms with Crippen molar-refractivity contribution in [2.24, 2.45) is 11.3 Å². The zero-order valence-corrected chi connectivity index (χ0v) is 11.5. The Morgan fingerprint density at radius 2 is 1.94 bits per heavy atom. The van der Waals surface area contributed by atoms with Gasteiger partial charge in [0.2, 0.25) is 5.91 Å². The second-order valence-corrected chi connectivity index (χ2v) is 6.35. The first kappa shape index (κ1) is 14.5. The lowest BCUT2D eigenvalue weighted by Crippen LogP contribution is -2.44. The maximum Gasteiger partial charge on any atom is 0.220 e. The van der Waals surface area contributed by atoms with Crippen molar-refractivity contribution in [3.63, 3.8) is 0 Å². The highest BCUT2D eigenvalue weighted by Crippen LogP contribution is 2.28.